The number of aryl methyl sites for hydroxylation is 1. The molecule has 1 aromatic carbocycles. The second-order valence-electron chi connectivity index (χ2n) is 4.87. The number of rotatable bonds is 5. The molecular weight excluding hydrogens is 272 g/mol. The summed E-state index contributed by atoms with van der Waals surface area (Å²) in [6.45, 7) is 6.11. The molecule has 20 heavy (non-hydrogen) atoms. The molecular formula is C15H18N2O2S. The van der Waals surface area contributed by atoms with Crippen LogP contribution in [0.15, 0.2) is 36.4 Å². The van der Waals surface area contributed by atoms with Crippen LogP contribution in [0.5, 0.6) is 0 Å². The predicted molar refractivity (Wildman–Crippen MR) is 82.1 cm³/mol. The SMILES string of the molecule is Cc1ccc(C(C)NC(C)c2ccccc2[N+](=O)[O-])s1. The first-order valence-corrected chi connectivity index (χ1v) is 7.36. The summed E-state index contributed by atoms with van der Waals surface area (Å²) >= 11 is 1.75. The average molecular weight is 290 g/mol. The van der Waals surface area contributed by atoms with Gasteiger partial charge in [0.2, 0.25) is 0 Å². The van der Waals surface area contributed by atoms with E-state index in [4.69, 9.17) is 0 Å². The largest absolute Gasteiger partial charge is 0.303 e. The minimum absolute atomic E-state index is 0.0750. The number of hydrogen-bond donors (Lipinski definition) is 1. The third-order valence-electron chi connectivity index (χ3n) is 3.29. The van der Waals surface area contributed by atoms with Crippen molar-refractivity contribution < 1.29 is 4.92 Å². The van der Waals surface area contributed by atoms with E-state index in [9.17, 15) is 10.1 Å². The van der Waals surface area contributed by atoms with Crippen molar-refractivity contribution in [1.29, 1.82) is 0 Å². The molecule has 106 valence electrons. The molecule has 1 heterocycles. The lowest BCUT2D eigenvalue weighted by Crippen LogP contribution is -2.22. The van der Waals surface area contributed by atoms with Crippen molar-refractivity contribution in [3.05, 3.63) is 61.8 Å². The Hall–Kier alpha value is -1.72. The lowest BCUT2D eigenvalue weighted by Gasteiger charge is -2.19. The van der Waals surface area contributed by atoms with Gasteiger partial charge in [0.05, 0.1) is 4.92 Å². The highest BCUT2D eigenvalue weighted by Gasteiger charge is 2.20. The van der Waals surface area contributed by atoms with Crippen molar-refractivity contribution in [2.45, 2.75) is 32.9 Å². The van der Waals surface area contributed by atoms with E-state index in [2.05, 4.69) is 31.3 Å². The van der Waals surface area contributed by atoms with Gasteiger partial charge in [0.1, 0.15) is 0 Å². The highest BCUT2D eigenvalue weighted by atomic mass is 32.1. The Morgan fingerprint density at radius 1 is 1.15 bits per heavy atom. The van der Waals surface area contributed by atoms with Gasteiger partial charge in [-0.25, -0.2) is 0 Å². The van der Waals surface area contributed by atoms with Crippen LogP contribution in [0.4, 0.5) is 5.69 Å². The number of nitro benzene ring substituents is 1. The van der Waals surface area contributed by atoms with Crippen molar-refractivity contribution in [3.8, 4) is 0 Å². The molecule has 4 nitrogen and oxygen atoms in total. The van der Waals surface area contributed by atoms with Crippen molar-refractivity contribution in [2.75, 3.05) is 0 Å². The van der Waals surface area contributed by atoms with Crippen LogP contribution in [0.2, 0.25) is 0 Å². The summed E-state index contributed by atoms with van der Waals surface area (Å²) in [5.74, 6) is 0. The number of nitrogens with one attached hydrogen (secondary N) is 1. The minimum Gasteiger partial charge on any atom is -0.303 e. The molecule has 1 N–H and O–H groups in total. The Labute approximate surface area is 122 Å². The predicted octanol–water partition coefficient (Wildman–Crippen LogP) is 4.38. The minimum atomic E-state index is -0.326. The summed E-state index contributed by atoms with van der Waals surface area (Å²) in [5, 5.41) is 14.5. The van der Waals surface area contributed by atoms with E-state index >= 15 is 0 Å². The van der Waals surface area contributed by atoms with Gasteiger partial charge in [-0.15, -0.1) is 11.3 Å². The van der Waals surface area contributed by atoms with Crippen LogP contribution >= 0.6 is 11.3 Å². The quantitative estimate of drug-likeness (QED) is 0.657. The van der Waals surface area contributed by atoms with Crippen molar-refractivity contribution in [3.63, 3.8) is 0 Å². The summed E-state index contributed by atoms with van der Waals surface area (Å²) in [7, 11) is 0. The zero-order chi connectivity index (χ0) is 14.7. The first kappa shape index (κ1) is 14.7. The van der Waals surface area contributed by atoms with Gasteiger partial charge in [0.25, 0.3) is 5.69 Å². The number of nitrogens with zero attached hydrogens (tertiary/aromatic N) is 1. The van der Waals surface area contributed by atoms with Crippen molar-refractivity contribution in [1.82, 2.24) is 5.32 Å². The molecule has 0 fully saturated rings. The molecule has 0 aliphatic rings. The highest BCUT2D eigenvalue weighted by molar-refractivity contribution is 7.12. The first-order valence-electron chi connectivity index (χ1n) is 6.54. The molecule has 0 aliphatic carbocycles. The zero-order valence-electron chi connectivity index (χ0n) is 11.8. The molecule has 5 heteroatoms. The number of para-hydroxylation sites is 1. The smallest absolute Gasteiger partial charge is 0.274 e. The van der Waals surface area contributed by atoms with E-state index in [0.29, 0.717) is 0 Å². The van der Waals surface area contributed by atoms with E-state index in [1.165, 1.54) is 9.75 Å². The second-order valence-corrected chi connectivity index (χ2v) is 6.19. The molecule has 2 aromatic rings. The topological polar surface area (TPSA) is 55.2 Å². The van der Waals surface area contributed by atoms with Crippen LogP contribution in [0.3, 0.4) is 0 Å². The molecule has 0 saturated heterocycles. The van der Waals surface area contributed by atoms with Crippen LogP contribution in [0.25, 0.3) is 0 Å². The highest BCUT2D eigenvalue weighted by Crippen LogP contribution is 2.28. The molecule has 0 bridgehead atoms. The van der Waals surface area contributed by atoms with Gasteiger partial charge in [-0.3, -0.25) is 10.1 Å². The average Bonchev–Trinajstić information content (AvgIpc) is 2.85. The lowest BCUT2D eigenvalue weighted by atomic mass is 10.1. The van der Waals surface area contributed by atoms with Crippen molar-refractivity contribution >= 4 is 17.0 Å². The van der Waals surface area contributed by atoms with Crippen LogP contribution in [0.1, 0.15) is 41.2 Å². The molecule has 0 spiro atoms. The molecule has 2 rings (SSSR count). The maximum atomic E-state index is 11.1. The normalized spacial score (nSPS) is 13.9. The number of thiophene rings is 1. The molecule has 1 aromatic heterocycles. The lowest BCUT2D eigenvalue weighted by molar-refractivity contribution is -0.385. The Bertz CT molecular complexity index is 609. The maximum Gasteiger partial charge on any atom is 0.274 e. The van der Waals surface area contributed by atoms with Gasteiger partial charge in [0, 0.05) is 33.5 Å². The fraction of sp³-hybridized carbons (Fsp3) is 0.333. The molecule has 2 unspecified atom stereocenters. The second kappa shape index (κ2) is 6.15. The first-order chi connectivity index (χ1) is 9.49. The third-order valence-corrected chi connectivity index (χ3v) is 4.47. The van der Waals surface area contributed by atoms with Crippen LogP contribution < -0.4 is 5.32 Å². The van der Waals surface area contributed by atoms with E-state index in [1.807, 2.05) is 19.1 Å². The van der Waals surface area contributed by atoms with Gasteiger partial charge in [-0.2, -0.15) is 0 Å². The molecule has 0 aliphatic heterocycles. The standard InChI is InChI=1S/C15H18N2O2S/c1-10-8-9-15(20-10)12(3)16-11(2)13-6-4-5-7-14(13)17(18)19/h4-9,11-12,16H,1-3H3. The van der Waals surface area contributed by atoms with E-state index in [0.717, 1.165) is 5.56 Å². The Morgan fingerprint density at radius 3 is 2.45 bits per heavy atom. The Morgan fingerprint density at radius 2 is 1.85 bits per heavy atom. The van der Waals surface area contributed by atoms with E-state index in [-0.39, 0.29) is 22.7 Å². The molecule has 2 atom stereocenters. The van der Waals surface area contributed by atoms with Gasteiger partial charge in [0.15, 0.2) is 0 Å². The Balaban J connectivity index is 2.16. The monoisotopic (exact) mass is 290 g/mol. The summed E-state index contributed by atoms with van der Waals surface area (Å²) in [6.07, 6.45) is 0. The number of benzene rings is 1. The van der Waals surface area contributed by atoms with Crippen molar-refractivity contribution in [2.24, 2.45) is 0 Å². The fourth-order valence-corrected chi connectivity index (χ4v) is 3.14. The summed E-state index contributed by atoms with van der Waals surface area (Å²) < 4.78 is 0. The molecule has 0 radical (unpaired) electrons. The zero-order valence-corrected chi connectivity index (χ0v) is 12.6. The van der Waals surface area contributed by atoms with Gasteiger partial charge in [-0.05, 0) is 32.9 Å². The fourth-order valence-electron chi connectivity index (χ4n) is 2.25. The summed E-state index contributed by atoms with van der Waals surface area (Å²) in [5.41, 5.74) is 0.889. The number of nitro groups is 1. The maximum absolute atomic E-state index is 11.1. The van der Waals surface area contributed by atoms with Gasteiger partial charge in [-0.1, -0.05) is 18.2 Å². The number of hydrogen-bond acceptors (Lipinski definition) is 4. The van der Waals surface area contributed by atoms with Gasteiger partial charge >= 0.3 is 0 Å². The molecule has 0 saturated carbocycles. The van der Waals surface area contributed by atoms with Crippen LogP contribution in [0, 0.1) is 17.0 Å². The van der Waals surface area contributed by atoms with Crippen LogP contribution in [-0.2, 0) is 0 Å². The van der Waals surface area contributed by atoms with E-state index < -0.39 is 0 Å². The molecule has 0 amide bonds. The summed E-state index contributed by atoms with van der Waals surface area (Å²) in [6, 6.07) is 11.2. The van der Waals surface area contributed by atoms with E-state index in [1.54, 1.807) is 23.5 Å². The summed E-state index contributed by atoms with van der Waals surface area (Å²) in [4.78, 5) is 13.3. The third kappa shape index (κ3) is 3.23. The Kier molecular flexibility index (Phi) is 4.52. The van der Waals surface area contributed by atoms with Crippen LogP contribution in [-0.4, -0.2) is 4.92 Å². The van der Waals surface area contributed by atoms with Gasteiger partial charge < -0.3 is 5.32 Å².